The maximum absolute atomic E-state index is 13.5. The normalized spacial score (nSPS) is 11.4. The molecule has 0 fully saturated rings. The summed E-state index contributed by atoms with van der Waals surface area (Å²) in [6.07, 6.45) is 1.46. The summed E-state index contributed by atoms with van der Waals surface area (Å²) in [5.74, 6) is 0.0493. The average molecular weight is 567 g/mol. The van der Waals surface area contributed by atoms with Gasteiger partial charge in [0.25, 0.3) is 20.0 Å². The Kier molecular flexibility index (Phi) is 8.17. The van der Waals surface area contributed by atoms with Crippen molar-refractivity contribution >= 4 is 43.1 Å². The van der Waals surface area contributed by atoms with Crippen molar-refractivity contribution in [3.8, 4) is 5.75 Å². The van der Waals surface area contributed by atoms with Gasteiger partial charge in [-0.25, -0.2) is 21.8 Å². The van der Waals surface area contributed by atoms with Crippen LogP contribution in [0.3, 0.4) is 0 Å². The molecule has 1 heterocycles. The molecule has 0 bridgehead atoms. The van der Waals surface area contributed by atoms with Crippen LogP contribution in [0.5, 0.6) is 5.75 Å². The van der Waals surface area contributed by atoms with Crippen LogP contribution in [-0.2, 0) is 24.8 Å². The maximum Gasteiger partial charge on any atom is 0.264 e. The summed E-state index contributed by atoms with van der Waals surface area (Å²) in [6, 6.07) is 22.9. The van der Waals surface area contributed by atoms with Gasteiger partial charge in [-0.15, -0.1) is 0 Å². The summed E-state index contributed by atoms with van der Waals surface area (Å²) >= 11 is 0. The second kappa shape index (κ2) is 11.5. The Morgan fingerprint density at radius 3 is 2.08 bits per heavy atom. The van der Waals surface area contributed by atoms with Crippen LogP contribution in [0, 0.1) is 6.92 Å². The predicted octanol–water partition coefficient (Wildman–Crippen LogP) is 4.03. The fraction of sp³-hybridized carbons (Fsp3) is 0.111. The minimum Gasteiger partial charge on any atom is -0.497 e. The molecular formula is C27H26N4O6S2. The van der Waals surface area contributed by atoms with Crippen molar-refractivity contribution < 1.29 is 26.4 Å². The van der Waals surface area contributed by atoms with Gasteiger partial charge in [-0.05, 0) is 79.7 Å². The molecule has 10 nitrogen and oxygen atoms in total. The smallest absolute Gasteiger partial charge is 0.264 e. The highest BCUT2D eigenvalue weighted by Crippen LogP contribution is 2.26. The van der Waals surface area contributed by atoms with E-state index in [1.165, 1.54) is 67.9 Å². The molecule has 0 unspecified atom stereocenters. The molecule has 0 atom stereocenters. The number of aromatic nitrogens is 1. The second-order valence-corrected chi connectivity index (χ2v) is 12.0. The van der Waals surface area contributed by atoms with Crippen LogP contribution in [0.25, 0.3) is 0 Å². The van der Waals surface area contributed by atoms with Crippen LogP contribution in [0.4, 0.5) is 17.2 Å². The molecule has 12 heteroatoms. The lowest BCUT2D eigenvalue weighted by Gasteiger charge is -2.24. The zero-order valence-electron chi connectivity index (χ0n) is 21.1. The van der Waals surface area contributed by atoms with E-state index in [-0.39, 0.29) is 15.6 Å². The number of nitrogens with one attached hydrogen (secondary N) is 2. The van der Waals surface area contributed by atoms with Crippen molar-refractivity contribution in [3.05, 3.63) is 103 Å². The third-order valence-corrected chi connectivity index (χ3v) is 8.77. The Morgan fingerprint density at radius 1 is 0.846 bits per heavy atom. The number of carbonyl (C=O) groups excluding carboxylic acids is 1. The van der Waals surface area contributed by atoms with E-state index in [2.05, 4.69) is 15.0 Å². The van der Waals surface area contributed by atoms with E-state index in [9.17, 15) is 21.6 Å². The summed E-state index contributed by atoms with van der Waals surface area (Å²) in [6.45, 7) is 1.35. The lowest BCUT2D eigenvalue weighted by molar-refractivity contribution is -0.114. The SMILES string of the molecule is COc1ccc(S(=O)(=O)N(CC(=O)Nc2ccc(S(=O)(=O)Nc3ccccn3)cc2)c2ccc(C)cc2)cc1. The number of hydrogen-bond donors (Lipinski definition) is 2. The summed E-state index contributed by atoms with van der Waals surface area (Å²) < 4.78 is 60.8. The summed E-state index contributed by atoms with van der Waals surface area (Å²) in [4.78, 5) is 16.9. The number of methoxy groups -OCH3 is 1. The van der Waals surface area contributed by atoms with Gasteiger partial charge < -0.3 is 10.1 Å². The van der Waals surface area contributed by atoms with Gasteiger partial charge in [-0.1, -0.05) is 23.8 Å². The summed E-state index contributed by atoms with van der Waals surface area (Å²) in [5.41, 5.74) is 1.54. The van der Waals surface area contributed by atoms with Crippen LogP contribution >= 0.6 is 0 Å². The molecule has 1 amide bonds. The summed E-state index contributed by atoms with van der Waals surface area (Å²) in [5, 5.41) is 2.63. The third-order valence-electron chi connectivity index (χ3n) is 5.61. The van der Waals surface area contributed by atoms with Crippen molar-refractivity contribution in [2.45, 2.75) is 16.7 Å². The molecular weight excluding hydrogens is 540 g/mol. The Hall–Kier alpha value is -4.42. The van der Waals surface area contributed by atoms with E-state index in [1.54, 1.807) is 36.4 Å². The number of ether oxygens (including phenoxy) is 1. The molecule has 39 heavy (non-hydrogen) atoms. The number of amides is 1. The van der Waals surface area contributed by atoms with Crippen molar-refractivity contribution in [1.82, 2.24) is 4.98 Å². The van der Waals surface area contributed by atoms with E-state index in [1.807, 2.05) is 6.92 Å². The molecule has 0 spiro atoms. The van der Waals surface area contributed by atoms with Gasteiger partial charge in [-0.2, -0.15) is 0 Å². The van der Waals surface area contributed by atoms with Gasteiger partial charge in [0.05, 0.1) is 22.6 Å². The fourth-order valence-electron chi connectivity index (χ4n) is 3.57. The van der Waals surface area contributed by atoms with Crippen molar-refractivity contribution in [2.24, 2.45) is 0 Å². The number of anilines is 3. The summed E-state index contributed by atoms with van der Waals surface area (Å²) in [7, 11) is -6.53. The first-order chi connectivity index (χ1) is 18.6. The number of aryl methyl sites for hydroxylation is 1. The Labute approximate surface area is 227 Å². The average Bonchev–Trinajstić information content (AvgIpc) is 2.93. The number of pyridine rings is 1. The van der Waals surface area contributed by atoms with Crippen molar-refractivity contribution in [3.63, 3.8) is 0 Å². The second-order valence-electron chi connectivity index (χ2n) is 8.42. The fourth-order valence-corrected chi connectivity index (χ4v) is 6.00. The number of carbonyl (C=O) groups is 1. The van der Waals surface area contributed by atoms with Gasteiger partial charge in [0.15, 0.2) is 0 Å². The zero-order chi connectivity index (χ0) is 28.0. The van der Waals surface area contributed by atoms with Gasteiger partial charge >= 0.3 is 0 Å². The minimum atomic E-state index is -4.11. The Bertz CT molecular complexity index is 1640. The Balaban J connectivity index is 1.53. The molecule has 4 rings (SSSR count). The molecule has 1 aromatic heterocycles. The number of nitrogens with zero attached hydrogens (tertiary/aromatic N) is 2. The highest BCUT2D eigenvalue weighted by molar-refractivity contribution is 7.93. The number of sulfonamides is 2. The maximum atomic E-state index is 13.5. The quantitative estimate of drug-likeness (QED) is 0.296. The molecule has 2 N–H and O–H groups in total. The molecule has 3 aromatic carbocycles. The molecule has 0 aliphatic carbocycles. The molecule has 0 saturated heterocycles. The number of rotatable bonds is 10. The first kappa shape index (κ1) is 27.6. The highest BCUT2D eigenvalue weighted by Gasteiger charge is 2.27. The largest absolute Gasteiger partial charge is 0.497 e. The first-order valence-corrected chi connectivity index (χ1v) is 14.6. The number of hydrogen-bond acceptors (Lipinski definition) is 7. The van der Waals surface area contributed by atoms with Gasteiger partial charge in [-0.3, -0.25) is 13.8 Å². The van der Waals surface area contributed by atoms with Crippen LogP contribution in [0.15, 0.2) is 107 Å². The van der Waals surface area contributed by atoms with Gasteiger partial charge in [0, 0.05) is 11.9 Å². The predicted molar refractivity (Wildman–Crippen MR) is 149 cm³/mol. The third kappa shape index (κ3) is 6.72. The van der Waals surface area contributed by atoms with Crippen molar-refractivity contribution in [1.29, 1.82) is 0 Å². The van der Waals surface area contributed by atoms with Gasteiger partial charge in [0.2, 0.25) is 5.91 Å². The lowest BCUT2D eigenvalue weighted by atomic mass is 10.2. The van der Waals surface area contributed by atoms with Crippen LogP contribution in [-0.4, -0.2) is 41.4 Å². The molecule has 0 radical (unpaired) electrons. The Morgan fingerprint density at radius 2 is 1.49 bits per heavy atom. The lowest BCUT2D eigenvalue weighted by Crippen LogP contribution is -2.38. The van der Waals surface area contributed by atoms with Gasteiger partial charge in [0.1, 0.15) is 18.1 Å². The van der Waals surface area contributed by atoms with Crippen LogP contribution < -0.4 is 19.1 Å². The van der Waals surface area contributed by atoms with E-state index in [0.29, 0.717) is 17.1 Å². The van der Waals surface area contributed by atoms with Crippen LogP contribution in [0.1, 0.15) is 5.56 Å². The van der Waals surface area contributed by atoms with Crippen LogP contribution in [0.2, 0.25) is 0 Å². The van der Waals surface area contributed by atoms with E-state index < -0.39 is 32.5 Å². The molecule has 202 valence electrons. The standard InChI is InChI=1S/C27H26N4O6S2/c1-20-6-10-22(11-7-20)31(39(35,36)25-16-12-23(37-2)13-17-25)19-27(32)29-21-8-14-24(15-9-21)38(33,34)30-26-5-3-4-18-28-26/h3-18H,19H2,1-2H3,(H,28,30)(H,29,32). The molecule has 0 saturated carbocycles. The van der Waals surface area contributed by atoms with E-state index >= 15 is 0 Å². The zero-order valence-corrected chi connectivity index (χ0v) is 22.7. The van der Waals surface area contributed by atoms with Crippen molar-refractivity contribution in [2.75, 3.05) is 28.0 Å². The first-order valence-electron chi connectivity index (χ1n) is 11.7. The molecule has 0 aliphatic rings. The topological polar surface area (TPSA) is 135 Å². The van der Waals surface area contributed by atoms with E-state index in [0.717, 1.165) is 9.87 Å². The number of benzene rings is 3. The van der Waals surface area contributed by atoms with E-state index in [4.69, 9.17) is 4.74 Å². The molecule has 4 aromatic rings. The minimum absolute atomic E-state index is 0.00774. The molecule has 0 aliphatic heterocycles. The highest BCUT2D eigenvalue weighted by atomic mass is 32.2. The monoisotopic (exact) mass is 566 g/mol.